The van der Waals surface area contributed by atoms with E-state index < -0.39 is 10.0 Å². The van der Waals surface area contributed by atoms with Gasteiger partial charge in [-0.2, -0.15) is 5.26 Å². The molecular weight excluding hydrogens is 382 g/mol. The summed E-state index contributed by atoms with van der Waals surface area (Å²) in [5, 5.41) is 8.95. The Hall–Kier alpha value is -2.63. The van der Waals surface area contributed by atoms with Gasteiger partial charge in [-0.05, 0) is 43.2 Å². The molecule has 1 aliphatic carbocycles. The van der Waals surface area contributed by atoms with Gasteiger partial charge in [-0.3, -0.25) is 4.72 Å². The van der Waals surface area contributed by atoms with Gasteiger partial charge in [0, 0.05) is 5.92 Å². The molecule has 8 heteroatoms. The van der Waals surface area contributed by atoms with E-state index in [0.29, 0.717) is 22.9 Å². The molecule has 0 aliphatic heterocycles. The molecule has 1 aromatic carbocycles. The average Bonchev–Trinajstić information content (AvgIpc) is 3.41. The summed E-state index contributed by atoms with van der Waals surface area (Å²) < 4.78 is 33.8. The second-order valence-corrected chi connectivity index (χ2v) is 9.45. The van der Waals surface area contributed by atoms with Crippen molar-refractivity contribution in [2.24, 2.45) is 0 Å². The third kappa shape index (κ3) is 3.75. The van der Waals surface area contributed by atoms with Crippen molar-refractivity contribution in [3.05, 3.63) is 54.0 Å². The van der Waals surface area contributed by atoms with E-state index in [9.17, 15) is 8.42 Å². The molecule has 1 N–H and O–H groups in total. The van der Waals surface area contributed by atoms with Gasteiger partial charge < -0.3 is 4.42 Å². The molecular formula is C19H17N3O3S2. The fourth-order valence-corrected chi connectivity index (χ4v) is 5.52. The predicted octanol–water partition coefficient (Wildman–Crippen LogP) is 4.73. The third-order valence-electron chi connectivity index (χ3n) is 4.56. The van der Waals surface area contributed by atoms with Gasteiger partial charge in [-0.25, -0.2) is 13.4 Å². The smallest absolute Gasteiger partial charge is 0.271 e. The first kappa shape index (κ1) is 17.8. The number of benzene rings is 1. The highest BCUT2D eigenvalue weighted by Crippen LogP contribution is 2.37. The Balaban J connectivity index is 1.55. The van der Waals surface area contributed by atoms with Crippen LogP contribution in [0.5, 0.6) is 0 Å². The molecule has 3 aromatic rings. The minimum atomic E-state index is -3.74. The summed E-state index contributed by atoms with van der Waals surface area (Å²) in [7, 11) is -3.74. The second kappa shape index (κ2) is 7.18. The highest BCUT2D eigenvalue weighted by molar-refractivity contribution is 7.94. The van der Waals surface area contributed by atoms with Gasteiger partial charge in [-0.15, -0.1) is 11.3 Å². The van der Waals surface area contributed by atoms with E-state index in [4.69, 9.17) is 9.68 Å². The number of rotatable bonds is 5. The summed E-state index contributed by atoms with van der Waals surface area (Å²) in [6, 6.07) is 11.6. The zero-order chi connectivity index (χ0) is 18.9. The van der Waals surface area contributed by atoms with Crippen molar-refractivity contribution >= 4 is 27.0 Å². The molecule has 0 bridgehead atoms. The number of nitrogens with one attached hydrogen (secondary N) is 1. The molecule has 1 fully saturated rings. The van der Waals surface area contributed by atoms with Gasteiger partial charge >= 0.3 is 0 Å². The van der Waals surface area contributed by atoms with E-state index in [1.54, 1.807) is 36.5 Å². The predicted molar refractivity (Wildman–Crippen MR) is 103 cm³/mol. The van der Waals surface area contributed by atoms with Gasteiger partial charge in [0.2, 0.25) is 0 Å². The molecule has 27 heavy (non-hydrogen) atoms. The molecule has 0 amide bonds. The molecule has 1 saturated carbocycles. The van der Waals surface area contributed by atoms with E-state index in [0.717, 1.165) is 34.9 Å². The quantitative estimate of drug-likeness (QED) is 0.669. The number of anilines is 1. The molecule has 6 nitrogen and oxygen atoms in total. The normalized spacial score (nSPS) is 14.9. The number of sulfonamides is 1. The lowest BCUT2D eigenvalue weighted by Crippen LogP contribution is -2.11. The number of nitrogens with zero attached hydrogens (tertiary/aromatic N) is 2. The number of thiophene rings is 1. The van der Waals surface area contributed by atoms with E-state index in [-0.39, 0.29) is 4.21 Å². The van der Waals surface area contributed by atoms with E-state index >= 15 is 0 Å². The lowest BCUT2D eigenvalue weighted by Gasteiger charge is -2.06. The maximum Gasteiger partial charge on any atom is 0.271 e. The lowest BCUT2D eigenvalue weighted by molar-refractivity contribution is 0.458. The number of hydrogen-bond acceptors (Lipinski definition) is 6. The van der Waals surface area contributed by atoms with Gasteiger partial charge in [0.25, 0.3) is 10.0 Å². The van der Waals surface area contributed by atoms with Crippen molar-refractivity contribution < 1.29 is 12.8 Å². The number of nitriles is 1. The first-order chi connectivity index (χ1) is 13.0. The van der Waals surface area contributed by atoms with Crippen molar-refractivity contribution in [3.8, 4) is 16.7 Å². The Morgan fingerprint density at radius 1 is 1.22 bits per heavy atom. The van der Waals surface area contributed by atoms with Crippen LogP contribution in [-0.2, 0) is 10.0 Å². The molecule has 2 aromatic heterocycles. The van der Waals surface area contributed by atoms with Crippen molar-refractivity contribution in [2.75, 3.05) is 4.72 Å². The van der Waals surface area contributed by atoms with Crippen molar-refractivity contribution in [2.45, 2.75) is 35.8 Å². The number of hydrogen-bond donors (Lipinski definition) is 1. The maximum absolute atomic E-state index is 12.6. The van der Waals surface area contributed by atoms with Crippen molar-refractivity contribution in [1.29, 1.82) is 5.26 Å². The molecule has 2 heterocycles. The van der Waals surface area contributed by atoms with Crippen molar-refractivity contribution in [3.63, 3.8) is 0 Å². The molecule has 0 unspecified atom stereocenters. The molecule has 0 saturated heterocycles. The van der Waals surface area contributed by atoms with Crippen LogP contribution >= 0.6 is 11.3 Å². The topological polar surface area (TPSA) is 96.0 Å². The second-order valence-electron chi connectivity index (χ2n) is 6.46. The van der Waals surface area contributed by atoms with Gasteiger partial charge in [-0.1, -0.05) is 18.9 Å². The van der Waals surface area contributed by atoms with Crippen LogP contribution < -0.4 is 4.72 Å². The van der Waals surface area contributed by atoms with Crippen LogP contribution in [0, 0.1) is 11.3 Å². The Bertz CT molecular complexity index is 1100. The van der Waals surface area contributed by atoms with Gasteiger partial charge in [0.15, 0.2) is 11.7 Å². The molecule has 1 aliphatic rings. The van der Waals surface area contributed by atoms with Gasteiger partial charge in [0.1, 0.15) is 4.21 Å². The molecule has 0 radical (unpaired) electrons. The van der Waals surface area contributed by atoms with Crippen LogP contribution in [0.1, 0.15) is 43.1 Å². The zero-order valence-electron chi connectivity index (χ0n) is 14.4. The molecule has 0 atom stereocenters. The largest absolute Gasteiger partial charge is 0.440 e. The highest BCUT2D eigenvalue weighted by Gasteiger charge is 2.23. The third-order valence-corrected chi connectivity index (χ3v) is 7.53. The van der Waals surface area contributed by atoms with E-state index in [2.05, 4.69) is 9.71 Å². The van der Waals surface area contributed by atoms with Crippen LogP contribution in [0.4, 0.5) is 5.69 Å². The molecule has 138 valence electrons. The fourth-order valence-electron chi connectivity index (χ4n) is 3.22. The summed E-state index contributed by atoms with van der Waals surface area (Å²) in [5.41, 5.74) is 0.746. The maximum atomic E-state index is 12.6. The van der Waals surface area contributed by atoms with E-state index in [1.165, 1.54) is 18.9 Å². The lowest BCUT2D eigenvalue weighted by atomic mass is 10.1. The summed E-state index contributed by atoms with van der Waals surface area (Å²) in [6.45, 7) is 0. The van der Waals surface area contributed by atoms with Crippen molar-refractivity contribution in [1.82, 2.24) is 4.98 Å². The highest BCUT2D eigenvalue weighted by atomic mass is 32.2. The number of aromatic nitrogens is 1. The monoisotopic (exact) mass is 399 g/mol. The van der Waals surface area contributed by atoms with Crippen LogP contribution in [0.15, 0.2) is 51.2 Å². The molecule has 0 spiro atoms. The standard InChI is InChI=1S/C19H17N3O3S2/c20-11-13-4-3-7-15(10-13)22-27(23,24)18-9-8-17(26-18)16-12-21-19(25-16)14-5-1-2-6-14/h3-4,7-10,12,14,22H,1-2,5-6H2. The SMILES string of the molecule is N#Cc1cccc(NS(=O)(=O)c2ccc(-c3cnc(C4CCCC4)o3)s2)c1. The fraction of sp³-hybridized carbons (Fsp3) is 0.263. The average molecular weight is 399 g/mol. The Morgan fingerprint density at radius 2 is 2.04 bits per heavy atom. The number of oxazole rings is 1. The minimum absolute atomic E-state index is 0.179. The summed E-state index contributed by atoms with van der Waals surface area (Å²) in [5.74, 6) is 1.71. The van der Waals surface area contributed by atoms with Crippen LogP contribution in [-0.4, -0.2) is 13.4 Å². The Labute approximate surface area is 161 Å². The van der Waals surface area contributed by atoms with Gasteiger partial charge in [0.05, 0.1) is 28.4 Å². The van der Waals surface area contributed by atoms with Crippen LogP contribution in [0.25, 0.3) is 10.6 Å². The molecule has 4 rings (SSSR count). The minimum Gasteiger partial charge on any atom is -0.440 e. The zero-order valence-corrected chi connectivity index (χ0v) is 16.0. The Morgan fingerprint density at radius 3 is 2.81 bits per heavy atom. The van der Waals surface area contributed by atoms with Crippen LogP contribution in [0.2, 0.25) is 0 Å². The Kier molecular flexibility index (Phi) is 4.72. The first-order valence-electron chi connectivity index (χ1n) is 8.64. The first-order valence-corrected chi connectivity index (χ1v) is 10.9. The summed E-state index contributed by atoms with van der Waals surface area (Å²) >= 11 is 1.13. The van der Waals surface area contributed by atoms with Crippen LogP contribution in [0.3, 0.4) is 0 Å². The summed E-state index contributed by atoms with van der Waals surface area (Å²) in [6.07, 6.45) is 6.25. The van der Waals surface area contributed by atoms with E-state index in [1.807, 2.05) is 6.07 Å². The summed E-state index contributed by atoms with van der Waals surface area (Å²) in [4.78, 5) is 5.10.